The van der Waals surface area contributed by atoms with E-state index in [1.807, 2.05) is 32.0 Å². The number of ether oxygens (including phenoxy) is 4. The van der Waals surface area contributed by atoms with Gasteiger partial charge in [0.15, 0.2) is 17.8 Å². The molecular formula is C14H19NO4. The van der Waals surface area contributed by atoms with Crippen molar-refractivity contribution in [2.75, 3.05) is 26.6 Å². The molecule has 0 aliphatic carbocycles. The van der Waals surface area contributed by atoms with Gasteiger partial charge in [0.05, 0.1) is 6.54 Å². The maximum atomic E-state index is 5.41. The lowest BCUT2D eigenvalue weighted by Gasteiger charge is -2.14. The molecule has 0 N–H and O–H groups in total. The molecule has 1 heterocycles. The van der Waals surface area contributed by atoms with Gasteiger partial charge >= 0.3 is 0 Å². The lowest BCUT2D eigenvalue weighted by molar-refractivity contribution is -0.128. The monoisotopic (exact) mass is 265 g/mol. The molecule has 5 heteroatoms. The maximum absolute atomic E-state index is 5.41. The van der Waals surface area contributed by atoms with E-state index in [1.165, 1.54) is 0 Å². The molecule has 1 aliphatic rings. The summed E-state index contributed by atoms with van der Waals surface area (Å²) in [6.07, 6.45) is 1.51. The third-order valence-corrected chi connectivity index (χ3v) is 2.60. The van der Waals surface area contributed by atoms with Gasteiger partial charge in [0.25, 0.3) is 0 Å². The van der Waals surface area contributed by atoms with Crippen molar-refractivity contribution in [1.29, 1.82) is 0 Å². The molecular weight excluding hydrogens is 246 g/mol. The molecule has 0 saturated heterocycles. The fourth-order valence-corrected chi connectivity index (χ4v) is 1.76. The number of fused-ring (bicyclic) bond motifs is 1. The summed E-state index contributed by atoms with van der Waals surface area (Å²) in [4.78, 5) is 4.33. The summed E-state index contributed by atoms with van der Waals surface area (Å²) in [5.74, 6) is 1.54. The smallest absolute Gasteiger partial charge is 0.231 e. The Labute approximate surface area is 113 Å². The zero-order chi connectivity index (χ0) is 13.5. The van der Waals surface area contributed by atoms with Crippen LogP contribution in [0.2, 0.25) is 0 Å². The fourth-order valence-electron chi connectivity index (χ4n) is 1.76. The lowest BCUT2D eigenvalue weighted by Crippen LogP contribution is -2.20. The van der Waals surface area contributed by atoms with Crippen LogP contribution in [0.25, 0.3) is 0 Å². The Morgan fingerprint density at radius 2 is 1.95 bits per heavy atom. The summed E-state index contributed by atoms with van der Waals surface area (Å²) < 4.78 is 21.4. The normalized spacial score (nSPS) is 13.6. The van der Waals surface area contributed by atoms with Gasteiger partial charge in [0.1, 0.15) is 0 Å². The fraction of sp³-hybridized carbons (Fsp3) is 0.500. The number of aliphatic imine (C=N–C) groups is 1. The number of nitrogens with zero attached hydrogens (tertiary/aromatic N) is 1. The molecule has 0 aromatic heterocycles. The zero-order valence-electron chi connectivity index (χ0n) is 11.3. The minimum atomic E-state index is -0.278. The first-order valence-electron chi connectivity index (χ1n) is 6.46. The van der Waals surface area contributed by atoms with Crippen molar-refractivity contribution >= 4 is 6.21 Å². The number of rotatable bonds is 7. The molecule has 5 nitrogen and oxygen atoms in total. The van der Waals surface area contributed by atoms with Crippen LogP contribution in [0.4, 0.5) is 0 Å². The molecule has 1 aliphatic heterocycles. The predicted molar refractivity (Wildman–Crippen MR) is 72.1 cm³/mol. The highest BCUT2D eigenvalue weighted by molar-refractivity contribution is 5.81. The largest absolute Gasteiger partial charge is 0.454 e. The SMILES string of the molecule is CCOC(CN=Cc1ccc2c(c1)OCO2)OCC. The Kier molecular flexibility index (Phi) is 5.18. The number of hydrogen-bond acceptors (Lipinski definition) is 5. The van der Waals surface area contributed by atoms with Gasteiger partial charge in [-0.2, -0.15) is 0 Å². The van der Waals surface area contributed by atoms with Crippen molar-refractivity contribution in [3.05, 3.63) is 23.8 Å². The lowest BCUT2D eigenvalue weighted by atomic mass is 10.2. The highest BCUT2D eigenvalue weighted by Gasteiger charge is 2.12. The molecule has 0 unspecified atom stereocenters. The van der Waals surface area contributed by atoms with E-state index in [9.17, 15) is 0 Å². The summed E-state index contributed by atoms with van der Waals surface area (Å²) >= 11 is 0. The average Bonchev–Trinajstić information content (AvgIpc) is 2.86. The van der Waals surface area contributed by atoms with Gasteiger partial charge in [-0.3, -0.25) is 4.99 Å². The van der Waals surface area contributed by atoms with Gasteiger partial charge < -0.3 is 18.9 Å². The zero-order valence-corrected chi connectivity index (χ0v) is 11.3. The summed E-state index contributed by atoms with van der Waals surface area (Å²) in [7, 11) is 0. The predicted octanol–water partition coefficient (Wildman–Crippen LogP) is 2.23. The molecule has 0 bridgehead atoms. The minimum absolute atomic E-state index is 0.278. The Bertz CT molecular complexity index is 427. The molecule has 1 aromatic carbocycles. The summed E-state index contributed by atoms with van der Waals surface area (Å²) in [6, 6.07) is 5.72. The number of benzene rings is 1. The van der Waals surface area contributed by atoms with Crippen molar-refractivity contribution < 1.29 is 18.9 Å². The van der Waals surface area contributed by atoms with Gasteiger partial charge in [-0.05, 0) is 37.6 Å². The van der Waals surface area contributed by atoms with Crippen LogP contribution in [0, 0.1) is 0 Å². The van der Waals surface area contributed by atoms with Crippen LogP contribution in [-0.4, -0.2) is 39.1 Å². The van der Waals surface area contributed by atoms with Gasteiger partial charge in [0.2, 0.25) is 6.79 Å². The maximum Gasteiger partial charge on any atom is 0.231 e. The Morgan fingerprint density at radius 1 is 1.21 bits per heavy atom. The van der Waals surface area contributed by atoms with Crippen LogP contribution >= 0.6 is 0 Å². The third kappa shape index (κ3) is 3.94. The second-order valence-electron chi connectivity index (χ2n) is 3.95. The van der Waals surface area contributed by atoms with Gasteiger partial charge in [-0.1, -0.05) is 0 Å². The van der Waals surface area contributed by atoms with Gasteiger partial charge in [-0.15, -0.1) is 0 Å². The molecule has 19 heavy (non-hydrogen) atoms. The van der Waals surface area contributed by atoms with Crippen LogP contribution in [0.15, 0.2) is 23.2 Å². The molecule has 2 rings (SSSR count). The molecule has 0 radical (unpaired) electrons. The molecule has 0 fully saturated rings. The molecule has 0 atom stereocenters. The van der Waals surface area contributed by atoms with E-state index < -0.39 is 0 Å². The van der Waals surface area contributed by atoms with E-state index in [1.54, 1.807) is 6.21 Å². The van der Waals surface area contributed by atoms with Crippen molar-refractivity contribution in [3.8, 4) is 11.5 Å². The Balaban J connectivity index is 1.90. The van der Waals surface area contributed by atoms with E-state index in [-0.39, 0.29) is 13.1 Å². The van der Waals surface area contributed by atoms with E-state index in [4.69, 9.17) is 18.9 Å². The summed E-state index contributed by atoms with van der Waals surface area (Å²) in [5, 5.41) is 0. The highest BCUT2D eigenvalue weighted by Crippen LogP contribution is 2.31. The van der Waals surface area contributed by atoms with Crippen LogP contribution in [-0.2, 0) is 9.47 Å². The number of hydrogen-bond donors (Lipinski definition) is 0. The molecule has 0 amide bonds. The van der Waals surface area contributed by atoms with E-state index in [0.717, 1.165) is 17.1 Å². The van der Waals surface area contributed by atoms with Crippen molar-refractivity contribution in [2.45, 2.75) is 20.1 Å². The minimum Gasteiger partial charge on any atom is -0.454 e. The first kappa shape index (κ1) is 13.8. The average molecular weight is 265 g/mol. The third-order valence-electron chi connectivity index (χ3n) is 2.60. The topological polar surface area (TPSA) is 49.3 Å². The van der Waals surface area contributed by atoms with Crippen LogP contribution in [0.1, 0.15) is 19.4 Å². The molecule has 0 spiro atoms. The van der Waals surface area contributed by atoms with Crippen LogP contribution < -0.4 is 9.47 Å². The quantitative estimate of drug-likeness (QED) is 0.560. The van der Waals surface area contributed by atoms with Crippen LogP contribution in [0.3, 0.4) is 0 Å². The van der Waals surface area contributed by atoms with E-state index >= 15 is 0 Å². The molecule has 104 valence electrons. The van der Waals surface area contributed by atoms with Crippen molar-refractivity contribution in [3.63, 3.8) is 0 Å². The van der Waals surface area contributed by atoms with Gasteiger partial charge in [0, 0.05) is 19.4 Å². The summed E-state index contributed by atoms with van der Waals surface area (Å²) in [6.45, 7) is 5.87. The molecule has 1 aromatic rings. The van der Waals surface area contributed by atoms with E-state index in [0.29, 0.717) is 19.8 Å². The van der Waals surface area contributed by atoms with Crippen LogP contribution in [0.5, 0.6) is 11.5 Å². The summed E-state index contributed by atoms with van der Waals surface area (Å²) in [5.41, 5.74) is 0.969. The standard InChI is InChI=1S/C14H19NO4/c1-3-16-14(17-4-2)9-15-8-11-5-6-12-13(7-11)19-10-18-12/h5-8,14H,3-4,9-10H2,1-2H3. The molecule has 0 saturated carbocycles. The van der Waals surface area contributed by atoms with Crippen molar-refractivity contribution in [1.82, 2.24) is 0 Å². The second kappa shape index (κ2) is 7.11. The first-order valence-corrected chi connectivity index (χ1v) is 6.46. The van der Waals surface area contributed by atoms with Crippen molar-refractivity contribution in [2.24, 2.45) is 4.99 Å². The Hall–Kier alpha value is -1.59. The van der Waals surface area contributed by atoms with Gasteiger partial charge in [-0.25, -0.2) is 0 Å². The van der Waals surface area contributed by atoms with E-state index in [2.05, 4.69) is 4.99 Å². The highest BCUT2D eigenvalue weighted by atomic mass is 16.7. The Morgan fingerprint density at radius 3 is 2.68 bits per heavy atom. The second-order valence-corrected chi connectivity index (χ2v) is 3.95. The first-order chi connectivity index (χ1) is 9.33.